The van der Waals surface area contributed by atoms with Gasteiger partial charge in [-0.15, -0.1) is 23.2 Å². The summed E-state index contributed by atoms with van der Waals surface area (Å²) < 4.78 is 0. The van der Waals surface area contributed by atoms with E-state index in [0.29, 0.717) is 0 Å². The molecule has 0 aromatic carbocycles. The first-order chi connectivity index (χ1) is 7.83. The van der Waals surface area contributed by atoms with Crippen molar-refractivity contribution in [3.8, 4) is 0 Å². The maximum Gasteiger partial charge on any atom is 0.0967 e. The van der Waals surface area contributed by atoms with Gasteiger partial charge in [-0.25, -0.2) is 0 Å². The van der Waals surface area contributed by atoms with E-state index in [-0.39, 0.29) is 5.34 Å². The van der Waals surface area contributed by atoms with E-state index in [2.05, 4.69) is 19.6 Å². The number of alkyl halides is 2. The van der Waals surface area contributed by atoms with Gasteiger partial charge in [-0.1, -0.05) is 64.7 Å². The molecule has 0 aromatic heterocycles. The molecule has 0 aromatic rings. The summed E-state index contributed by atoms with van der Waals surface area (Å²) in [5, 5.41) is 0.194. The van der Waals surface area contributed by atoms with Gasteiger partial charge in [0.05, 0.1) is 5.34 Å². The summed E-state index contributed by atoms with van der Waals surface area (Å²) in [6.45, 7) is 2.28. The second-order valence-electron chi connectivity index (χ2n) is 4.01. The zero-order valence-corrected chi connectivity index (χ0v) is 13.1. The molecule has 0 bridgehead atoms. The third-order valence-electron chi connectivity index (χ3n) is 2.51. The minimum Gasteiger partial charge on any atom is -0.179 e. The predicted molar refractivity (Wildman–Crippen MR) is 82.3 cm³/mol. The van der Waals surface area contributed by atoms with Crippen molar-refractivity contribution in [2.24, 2.45) is 0 Å². The lowest BCUT2D eigenvalue weighted by molar-refractivity contribution is 0.563. The Morgan fingerprint density at radius 2 is 1.00 bits per heavy atom. The fourth-order valence-corrected chi connectivity index (χ4v) is 1.82. The summed E-state index contributed by atoms with van der Waals surface area (Å²) in [5.74, 6) is 1.07. The molecule has 0 fully saturated rings. The molecule has 16 heavy (non-hydrogen) atoms. The summed E-state index contributed by atoms with van der Waals surface area (Å²) in [7, 11) is 0. The van der Waals surface area contributed by atoms with Gasteiger partial charge in [-0.2, -0.15) is 12.6 Å². The van der Waals surface area contributed by atoms with Crippen molar-refractivity contribution < 1.29 is 0 Å². The molecule has 0 atom stereocenters. The Balaban J connectivity index is 0. The zero-order chi connectivity index (χ0) is 12.5. The first-order valence-electron chi connectivity index (χ1n) is 6.56. The Labute approximate surface area is 118 Å². The number of hydrogen-bond donors (Lipinski definition) is 1. The van der Waals surface area contributed by atoms with E-state index in [9.17, 15) is 0 Å². The molecule has 0 rings (SSSR count). The van der Waals surface area contributed by atoms with Crippen LogP contribution in [0.4, 0.5) is 0 Å². The lowest BCUT2D eigenvalue weighted by Gasteiger charge is -2.00. The van der Waals surface area contributed by atoms with Gasteiger partial charge in [-0.3, -0.25) is 0 Å². The van der Waals surface area contributed by atoms with Crippen molar-refractivity contribution in [2.75, 3.05) is 11.1 Å². The lowest BCUT2D eigenvalue weighted by Crippen LogP contribution is -1.81. The van der Waals surface area contributed by atoms with Crippen molar-refractivity contribution in [3.05, 3.63) is 0 Å². The molecular formula is C13H28Cl2S. The van der Waals surface area contributed by atoms with Crippen LogP contribution in [0.3, 0.4) is 0 Å². The standard InChI is InChI=1S/C12H26S.CH2Cl2/c1-2-3-4-5-6-7-8-9-10-11-12-13;2-1-3/h13H,2-12H2,1H3;1H2. The maximum atomic E-state index is 4.76. The van der Waals surface area contributed by atoms with Gasteiger partial charge in [0.1, 0.15) is 0 Å². The minimum atomic E-state index is 0.194. The molecule has 0 heterocycles. The number of halogens is 2. The Morgan fingerprint density at radius 3 is 1.31 bits per heavy atom. The van der Waals surface area contributed by atoms with E-state index in [1.807, 2.05) is 0 Å². The molecule has 0 amide bonds. The summed E-state index contributed by atoms with van der Waals surface area (Å²) in [6.07, 6.45) is 14.2. The summed E-state index contributed by atoms with van der Waals surface area (Å²) >= 11 is 13.7. The quantitative estimate of drug-likeness (QED) is 0.274. The summed E-state index contributed by atoms with van der Waals surface area (Å²) in [5.41, 5.74) is 0. The molecule has 0 nitrogen and oxygen atoms in total. The predicted octanol–water partition coefficient (Wildman–Crippen LogP) is 6.26. The van der Waals surface area contributed by atoms with Crippen LogP contribution in [0, 0.1) is 0 Å². The molecule has 100 valence electrons. The van der Waals surface area contributed by atoms with Crippen molar-refractivity contribution in [3.63, 3.8) is 0 Å². The molecule has 0 spiro atoms. The van der Waals surface area contributed by atoms with Crippen LogP contribution in [0.15, 0.2) is 0 Å². The smallest absolute Gasteiger partial charge is 0.0967 e. The van der Waals surface area contributed by atoms with Gasteiger partial charge < -0.3 is 0 Å². The molecule has 0 aliphatic carbocycles. The van der Waals surface area contributed by atoms with Gasteiger partial charge in [0.2, 0.25) is 0 Å². The third kappa shape index (κ3) is 24.3. The van der Waals surface area contributed by atoms with Crippen molar-refractivity contribution in [1.82, 2.24) is 0 Å². The van der Waals surface area contributed by atoms with Crippen molar-refractivity contribution >= 4 is 35.8 Å². The first-order valence-corrected chi connectivity index (χ1v) is 8.26. The van der Waals surface area contributed by atoms with E-state index < -0.39 is 0 Å². The molecule has 3 heteroatoms. The van der Waals surface area contributed by atoms with Gasteiger partial charge in [-0.05, 0) is 12.2 Å². The van der Waals surface area contributed by atoms with Crippen LogP contribution in [0.25, 0.3) is 0 Å². The number of rotatable bonds is 10. The second kappa shape index (κ2) is 21.2. The van der Waals surface area contributed by atoms with Gasteiger partial charge in [0.25, 0.3) is 0 Å². The van der Waals surface area contributed by atoms with Crippen LogP contribution in [-0.2, 0) is 0 Å². The normalized spacial score (nSPS) is 9.75. The highest BCUT2D eigenvalue weighted by Gasteiger charge is 1.91. The molecule has 0 aliphatic rings. The molecule has 0 N–H and O–H groups in total. The van der Waals surface area contributed by atoms with Crippen LogP contribution >= 0.6 is 35.8 Å². The monoisotopic (exact) mass is 286 g/mol. The summed E-state index contributed by atoms with van der Waals surface area (Å²) in [6, 6.07) is 0. The van der Waals surface area contributed by atoms with E-state index >= 15 is 0 Å². The number of thiol groups is 1. The molecule has 0 unspecified atom stereocenters. The van der Waals surface area contributed by atoms with Crippen molar-refractivity contribution in [1.29, 1.82) is 0 Å². The van der Waals surface area contributed by atoms with Gasteiger partial charge in [0, 0.05) is 0 Å². The Kier molecular flexibility index (Phi) is 25.6. The highest BCUT2D eigenvalue weighted by molar-refractivity contribution is 7.80. The second-order valence-corrected chi connectivity index (χ2v) is 5.26. The van der Waals surface area contributed by atoms with E-state index in [1.165, 1.54) is 64.2 Å². The maximum absolute atomic E-state index is 4.76. The first kappa shape index (κ1) is 19.3. The molecule has 0 radical (unpaired) electrons. The SMILES string of the molecule is CCCCCCCCCCCCS.ClCCl. The van der Waals surface area contributed by atoms with E-state index in [0.717, 1.165) is 5.75 Å². The molecule has 0 saturated carbocycles. The van der Waals surface area contributed by atoms with Crippen molar-refractivity contribution in [2.45, 2.75) is 71.1 Å². The average Bonchev–Trinajstić information content (AvgIpc) is 2.28. The number of unbranched alkanes of at least 4 members (excludes halogenated alkanes) is 9. The molecule has 0 aliphatic heterocycles. The van der Waals surface area contributed by atoms with Crippen LogP contribution in [0.5, 0.6) is 0 Å². The average molecular weight is 287 g/mol. The Bertz CT molecular complexity index is 89.9. The Morgan fingerprint density at radius 1 is 0.688 bits per heavy atom. The zero-order valence-electron chi connectivity index (χ0n) is 10.7. The van der Waals surface area contributed by atoms with Crippen LogP contribution in [0.1, 0.15) is 71.1 Å². The highest BCUT2D eigenvalue weighted by Crippen LogP contribution is 2.10. The topological polar surface area (TPSA) is 0 Å². The van der Waals surface area contributed by atoms with E-state index in [4.69, 9.17) is 23.2 Å². The minimum absolute atomic E-state index is 0.194. The number of hydrogen-bond acceptors (Lipinski definition) is 1. The largest absolute Gasteiger partial charge is 0.179 e. The van der Waals surface area contributed by atoms with Crippen LogP contribution in [-0.4, -0.2) is 11.1 Å². The lowest BCUT2D eigenvalue weighted by atomic mass is 10.1. The Hall–Kier alpha value is 0.930. The van der Waals surface area contributed by atoms with Crippen LogP contribution in [0.2, 0.25) is 0 Å². The third-order valence-corrected chi connectivity index (χ3v) is 2.83. The summed E-state index contributed by atoms with van der Waals surface area (Å²) in [4.78, 5) is 0. The fourth-order valence-electron chi connectivity index (χ4n) is 1.60. The molecular weight excluding hydrogens is 259 g/mol. The van der Waals surface area contributed by atoms with Gasteiger partial charge >= 0.3 is 0 Å². The molecule has 0 saturated heterocycles. The van der Waals surface area contributed by atoms with E-state index in [1.54, 1.807) is 0 Å². The highest BCUT2D eigenvalue weighted by atomic mass is 35.5. The fraction of sp³-hybridized carbons (Fsp3) is 1.00. The van der Waals surface area contributed by atoms with Gasteiger partial charge in [0.15, 0.2) is 0 Å². The van der Waals surface area contributed by atoms with Crippen LogP contribution < -0.4 is 0 Å².